The first-order valence-corrected chi connectivity index (χ1v) is 8.20. The van der Waals surface area contributed by atoms with Gasteiger partial charge in [-0.3, -0.25) is 4.79 Å². The number of amides is 1. The van der Waals surface area contributed by atoms with E-state index in [0.717, 1.165) is 5.56 Å². The summed E-state index contributed by atoms with van der Waals surface area (Å²) in [6.45, 7) is 1.06. The fourth-order valence-corrected chi connectivity index (χ4v) is 2.08. The van der Waals surface area contributed by atoms with Gasteiger partial charge in [0.25, 0.3) is 5.91 Å². The van der Waals surface area contributed by atoms with Gasteiger partial charge in [-0.1, -0.05) is 6.07 Å². The predicted molar refractivity (Wildman–Crippen MR) is 96.7 cm³/mol. The minimum absolute atomic E-state index is 0.173. The molecule has 0 radical (unpaired) electrons. The Hall–Kier alpha value is -3.31. The van der Waals surface area contributed by atoms with E-state index in [1.54, 1.807) is 37.6 Å². The van der Waals surface area contributed by atoms with Crippen LogP contribution in [-0.2, 0) is 16.1 Å². The van der Waals surface area contributed by atoms with Crippen molar-refractivity contribution < 1.29 is 23.7 Å². The standard InChI is InChI=1S/C19H21N3O5/c1-24-7-8-26-19-6-4-15(12-22-19)11-21-18(23)13-27-16-5-3-14(10-20)9-17(16)25-2/h3-6,9,12H,7-8,11,13H2,1-2H3,(H,21,23). The Bertz CT molecular complexity index is 787. The number of ether oxygens (including phenoxy) is 4. The highest BCUT2D eigenvalue weighted by atomic mass is 16.5. The van der Waals surface area contributed by atoms with Crippen LogP contribution in [0.2, 0.25) is 0 Å². The molecule has 0 unspecified atom stereocenters. The van der Waals surface area contributed by atoms with Crippen LogP contribution in [0.3, 0.4) is 0 Å². The molecule has 0 aliphatic carbocycles. The minimum Gasteiger partial charge on any atom is -0.493 e. The van der Waals surface area contributed by atoms with E-state index in [1.807, 2.05) is 12.1 Å². The third-order valence-corrected chi connectivity index (χ3v) is 3.48. The zero-order valence-electron chi connectivity index (χ0n) is 15.2. The van der Waals surface area contributed by atoms with Crippen LogP contribution in [-0.4, -0.2) is 44.9 Å². The molecule has 0 atom stereocenters. The number of methoxy groups -OCH3 is 2. The number of nitriles is 1. The van der Waals surface area contributed by atoms with Crippen molar-refractivity contribution >= 4 is 5.91 Å². The van der Waals surface area contributed by atoms with Crippen LogP contribution in [0.5, 0.6) is 17.4 Å². The molecule has 0 aliphatic rings. The van der Waals surface area contributed by atoms with Gasteiger partial charge in [0.2, 0.25) is 5.88 Å². The minimum atomic E-state index is -0.290. The first kappa shape index (κ1) is 20.0. The van der Waals surface area contributed by atoms with Gasteiger partial charge < -0.3 is 24.3 Å². The third kappa shape index (κ3) is 6.49. The molecule has 0 aliphatic heterocycles. The van der Waals surface area contributed by atoms with Gasteiger partial charge in [-0.15, -0.1) is 0 Å². The SMILES string of the molecule is COCCOc1ccc(CNC(=O)COc2ccc(C#N)cc2OC)cn1. The topological polar surface area (TPSA) is 103 Å². The van der Waals surface area contributed by atoms with Crippen LogP contribution in [0.4, 0.5) is 0 Å². The molecule has 1 aromatic carbocycles. The normalized spacial score (nSPS) is 9.96. The average Bonchev–Trinajstić information content (AvgIpc) is 2.71. The van der Waals surface area contributed by atoms with Crippen LogP contribution in [0, 0.1) is 11.3 Å². The van der Waals surface area contributed by atoms with Crippen molar-refractivity contribution in [2.24, 2.45) is 0 Å². The molecule has 1 aromatic heterocycles. The molecule has 0 saturated heterocycles. The van der Waals surface area contributed by atoms with Crippen LogP contribution in [0.25, 0.3) is 0 Å². The summed E-state index contributed by atoms with van der Waals surface area (Å²) in [5.74, 6) is 1.00. The van der Waals surface area contributed by atoms with Gasteiger partial charge in [0.15, 0.2) is 18.1 Å². The van der Waals surface area contributed by atoms with Gasteiger partial charge in [-0.05, 0) is 17.7 Å². The quantitative estimate of drug-likeness (QED) is 0.634. The molecule has 0 spiro atoms. The molecule has 0 bridgehead atoms. The van der Waals surface area contributed by atoms with E-state index in [2.05, 4.69) is 10.3 Å². The molecular weight excluding hydrogens is 350 g/mol. The number of benzene rings is 1. The lowest BCUT2D eigenvalue weighted by molar-refractivity contribution is -0.123. The summed E-state index contributed by atoms with van der Waals surface area (Å²) in [6.07, 6.45) is 1.63. The van der Waals surface area contributed by atoms with Crippen LogP contribution < -0.4 is 19.5 Å². The maximum absolute atomic E-state index is 12.0. The third-order valence-electron chi connectivity index (χ3n) is 3.48. The average molecular weight is 371 g/mol. The molecule has 8 heteroatoms. The Morgan fingerprint density at radius 2 is 2.00 bits per heavy atom. The van der Waals surface area contributed by atoms with Crippen LogP contribution >= 0.6 is 0 Å². The molecule has 2 aromatic rings. The fraction of sp³-hybridized carbons (Fsp3) is 0.316. The van der Waals surface area contributed by atoms with Crippen molar-refractivity contribution in [3.05, 3.63) is 47.7 Å². The van der Waals surface area contributed by atoms with Crippen molar-refractivity contribution in [2.45, 2.75) is 6.54 Å². The van der Waals surface area contributed by atoms with E-state index in [1.165, 1.54) is 7.11 Å². The Balaban J connectivity index is 1.79. The summed E-state index contributed by atoms with van der Waals surface area (Å²) in [6, 6.07) is 10.3. The van der Waals surface area contributed by atoms with Gasteiger partial charge in [0.05, 0.1) is 25.3 Å². The van der Waals surface area contributed by atoms with E-state index in [9.17, 15) is 4.79 Å². The number of carbonyl (C=O) groups excluding carboxylic acids is 1. The first-order chi connectivity index (χ1) is 13.2. The molecule has 27 heavy (non-hydrogen) atoms. The molecule has 1 N–H and O–H groups in total. The Morgan fingerprint density at radius 1 is 1.15 bits per heavy atom. The molecular formula is C19H21N3O5. The first-order valence-electron chi connectivity index (χ1n) is 8.20. The van der Waals surface area contributed by atoms with Crippen molar-refractivity contribution in [2.75, 3.05) is 34.0 Å². The van der Waals surface area contributed by atoms with Crippen LogP contribution in [0.15, 0.2) is 36.5 Å². The van der Waals surface area contributed by atoms with E-state index < -0.39 is 0 Å². The van der Waals surface area contributed by atoms with Gasteiger partial charge >= 0.3 is 0 Å². The smallest absolute Gasteiger partial charge is 0.258 e. The van der Waals surface area contributed by atoms with Crippen molar-refractivity contribution in [1.29, 1.82) is 5.26 Å². The van der Waals surface area contributed by atoms with E-state index in [-0.39, 0.29) is 12.5 Å². The van der Waals surface area contributed by atoms with Gasteiger partial charge in [-0.25, -0.2) is 4.98 Å². The monoisotopic (exact) mass is 371 g/mol. The lowest BCUT2D eigenvalue weighted by Gasteiger charge is -2.11. The van der Waals surface area contributed by atoms with Gasteiger partial charge in [-0.2, -0.15) is 5.26 Å². The maximum Gasteiger partial charge on any atom is 0.258 e. The number of rotatable bonds is 10. The zero-order valence-corrected chi connectivity index (χ0v) is 15.2. The Labute approximate surface area is 157 Å². The van der Waals surface area contributed by atoms with Gasteiger partial charge in [0.1, 0.15) is 6.61 Å². The summed E-state index contributed by atoms with van der Waals surface area (Å²) in [7, 11) is 3.07. The van der Waals surface area contributed by atoms with Crippen molar-refractivity contribution in [3.8, 4) is 23.4 Å². The van der Waals surface area contributed by atoms with Crippen molar-refractivity contribution in [1.82, 2.24) is 10.3 Å². The summed E-state index contributed by atoms with van der Waals surface area (Å²) >= 11 is 0. The highest BCUT2D eigenvalue weighted by Crippen LogP contribution is 2.27. The van der Waals surface area contributed by atoms with Gasteiger partial charge in [0, 0.05) is 32.0 Å². The summed E-state index contributed by atoms with van der Waals surface area (Å²) in [5, 5.41) is 11.6. The number of hydrogen-bond donors (Lipinski definition) is 1. The van der Waals surface area contributed by atoms with Crippen molar-refractivity contribution in [3.63, 3.8) is 0 Å². The molecule has 0 fully saturated rings. The number of pyridine rings is 1. The lowest BCUT2D eigenvalue weighted by Crippen LogP contribution is -2.28. The number of hydrogen-bond acceptors (Lipinski definition) is 7. The van der Waals surface area contributed by atoms with Crippen LogP contribution in [0.1, 0.15) is 11.1 Å². The molecule has 0 saturated carbocycles. The highest BCUT2D eigenvalue weighted by molar-refractivity contribution is 5.77. The summed E-state index contributed by atoms with van der Waals surface area (Å²) in [5.41, 5.74) is 1.28. The molecule has 1 heterocycles. The predicted octanol–water partition coefficient (Wildman–Crippen LogP) is 1.68. The zero-order chi connectivity index (χ0) is 19.5. The molecule has 8 nitrogen and oxygen atoms in total. The largest absolute Gasteiger partial charge is 0.493 e. The second-order valence-corrected chi connectivity index (χ2v) is 5.39. The van der Waals surface area contributed by atoms with E-state index in [4.69, 9.17) is 24.2 Å². The number of aromatic nitrogens is 1. The second-order valence-electron chi connectivity index (χ2n) is 5.39. The summed E-state index contributed by atoms with van der Waals surface area (Å²) in [4.78, 5) is 16.1. The number of carbonyl (C=O) groups is 1. The summed E-state index contributed by atoms with van der Waals surface area (Å²) < 4.78 is 20.9. The maximum atomic E-state index is 12.0. The molecule has 142 valence electrons. The highest BCUT2D eigenvalue weighted by Gasteiger charge is 2.09. The fourth-order valence-electron chi connectivity index (χ4n) is 2.08. The molecule has 2 rings (SSSR count). The van der Waals surface area contributed by atoms with E-state index >= 15 is 0 Å². The number of nitrogens with one attached hydrogen (secondary N) is 1. The van der Waals surface area contributed by atoms with E-state index in [0.29, 0.717) is 42.7 Å². The second kappa shape index (κ2) is 10.6. The Kier molecular flexibility index (Phi) is 7.88. The number of nitrogens with zero attached hydrogens (tertiary/aromatic N) is 2. The molecule has 1 amide bonds. The Morgan fingerprint density at radius 3 is 2.67 bits per heavy atom. The lowest BCUT2D eigenvalue weighted by atomic mass is 10.2.